The normalized spacial score (nSPS) is 17.6. The summed E-state index contributed by atoms with van der Waals surface area (Å²) in [6, 6.07) is 9.04. The highest BCUT2D eigenvalue weighted by Crippen LogP contribution is 2.22. The predicted octanol–water partition coefficient (Wildman–Crippen LogP) is 2.72. The lowest BCUT2D eigenvalue weighted by atomic mass is 10.2. The van der Waals surface area contributed by atoms with E-state index in [0.29, 0.717) is 22.8 Å². The van der Waals surface area contributed by atoms with E-state index < -0.39 is 10.0 Å². The number of rotatable bonds is 5. The van der Waals surface area contributed by atoms with E-state index in [9.17, 15) is 8.42 Å². The first-order valence-electron chi connectivity index (χ1n) is 6.42. The van der Waals surface area contributed by atoms with Crippen molar-refractivity contribution in [3.05, 3.63) is 52.2 Å². The first-order chi connectivity index (χ1) is 10.2. The molecule has 0 unspecified atom stereocenters. The van der Waals surface area contributed by atoms with E-state index in [1.165, 1.54) is 5.56 Å². The Labute approximate surface area is 132 Å². The van der Waals surface area contributed by atoms with E-state index in [-0.39, 0.29) is 0 Å². The van der Waals surface area contributed by atoms with Crippen LogP contribution in [0.5, 0.6) is 0 Å². The lowest BCUT2D eigenvalue weighted by molar-refractivity contribution is 0.595. The zero-order chi connectivity index (χ0) is 14.7. The molecule has 7 heteroatoms. The van der Waals surface area contributed by atoms with Gasteiger partial charge in [-0.15, -0.1) is 0 Å². The van der Waals surface area contributed by atoms with Crippen molar-refractivity contribution in [3.63, 3.8) is 0 Å². The van der Waals surface area contributed by atoms with Crippen LogP contribution in [0.1, 0.15) is 11.1 Å². The van der Waals surface area contributed by atoms with Gasteiger partial charge in [0.15, 0.2) is 0 Å². The Kier molecular flexibility index (Phi) is 4.32. The average molecular weight is 338 g/mol. The van der Waals surface area contributed by atoms with Gasteiger partial charge in [-0.25, -0.2) is 8.42 Å². The van der Waals surface area contributed by atoms with Crippen LogP contribution in [0.3, 0.4) is 0 Å². The first kappa shape index (κ1) is 14.6. The first-order valence-corrected chi connectivity index (χ1v) is 10.0. The van der Waals surface area contributed by atoms with Crippen LogP contribution < -0.4 is 4.72 Å². The Morgan fingerprint density at radius 3 is 2.90 bits per heavy atom. The van der Waals surface area contributed by atoms with Gasteiger partial charge < -0.3 is 0 Å². The van der Waals surface area contributed by atoms with E-state index >= 15 is 0 Å². The van der Waals surface area contributed by atoms with E-state index in [2.05, 4.69) is 26.5 Å². The number of nitrogens with zero attached hydrogens (tertiary/aromatic N) is 1. The molecule has 0 aliphatic carbocycles. The van der Waals surface area contributed by atoms with Gasteiger partial charge in [0.25, 0.3) is 10.0 Å². The van der Waals surface area contributed by atoms with Crippen LogP contribution in [0.25, 0.3) is 0 Å². The van der Waals surface area contributed by atoms with Crippen molar-refractivity contribution in [2.24, 2.45) is 4.99 Å². The van der Waals surface area contributed by atoms with Gasteiger partial charge in [0.05, 0.1) is 11.4 Å². The molecular formula is C14H14N2O2S3. The van der Waals surface area contributed by atoms with Crippen LogP contribution >= 0.6 is 23.1 Å². The minimum absolute atomic E-state index is 0.315. The number of aliphatic imine (C=N–C) groups is 1. The quantitative estimate of drug-likeness (QED) is 0.853. The molecule has 1 aliphatic heterocycles. The summed E-state index contributed by atoms with van der Waals surface area (Å²) in [5.74, 6) is 2.29. The van der Waals surface area contributed by atoms with E-state index in [1.807, 2.05) is 6.07 Å². The summed E-state index contributed by atoms with van der Waals surface area (Å²) in [5, 5.41) is 4.21. The monoisotopic (exact) mass is 338 g/mol. The molecule has 0 radical (unpaired) electrons. The molecule has 1 aromatic heterocycles. The summed E-state index contributed by atoms with van der Waals surface area (Å²) in [4.78, 5) is 4.70. The van der Waals surface area contributed by atoms with E-state index in [0.717, 1.165) is 11.5 Å². The maximum absolute atomic E-state index is 11.9. The van der Waals surface area contributed by atoms with Crippen LogP contribution in [0, 0.1) is 0 Å². The largest absolute Gasteiger partial charge is 0.266 e. The fourth-order valence-corrected chi connectivity index (χ4v) is 4.84. The minimum Gasteiger partial charge on any atom is -0.266 e. The van der Waals surface area contributed by atoms with Crippen molar-refractivity contribution in [2.75, 3.05) is 12.3 Å². The summed E-state index contributed by atoms with van der Waals surface area (Å²) in [6.07, 6.45) is 0. The molecule has 110 valence electrons. The van der Waals surface area contributed by atoms with Crippen molar-refractivity contribution >= 4 is 39.0 Å². The number of thioether (sulfide) groups is 1. The smallest absolute Gasteiger partial charge is 0.263 e. The molecule has 1 aliphatic rings. The summed E-state index contributed by atoms with van der Waals surface area (Å²) in [5.41, 5.74) is 1.99. The molecular weight excluding hydrogens is 324 g/mol. The predicted molar refractivity (Wildman–Crippen MR) is 88.6 cm³/mol. The third-order valence-corrected chi connectivity index (χ3v) is 6.15. The molecule has 0 saturated carbocycles. The maximum atomic E-state index is 11.9. The molecule has 0 atom stereocenters. The number of sulfonamides is 1. The van der Waals surface area contributed by atoms with Crippen molar-refractivity contribution < 1.29 is 8.42 Å². The third kappa shape index (κ3) is 3.30. The number of nitrogens with one attached hydrogen (secondary N) is 1. The third-order valence-electron chi connectivity index (χ3n) is 3.02. The SMILES string of the molecule is O=S1(=O)NC(=NCCSCc2ccsc2)c2ccccc21. The topological polar surface area (TPSA) is 58.5 Å². The van der Waals surface area contributed by atoms with Gasteiger partial charge in [-0.3, -0.25) is 9.71 Å². The van der Waals surface area contributed by atoms with E-state index in [4.69, 9.17) is 0 Å². The zero-order valence-electron chi connectivity index (χ0n) is 11.2. The van der Waals surface area contributed by atoms with Gasteiger partial charge in [0.2, 0.25) is 0 Å². The number of hydrogen-bond donors (Lipinski definition) is 1. The molecule has 0 spiro atoms. The summed E-state index contributed by atoms with van der Waals surface area (Å²) in [7, 11) is -3.42. The maximum Gasteiger partial charge on any atom is 0.263 e. The van der Waals surface area contributed by atoms with Gasteiger partial charge in [-0.2, -0.15) is 23.1 Å². The van der Waals surface area contributed by atoms with E-state index in [1.54, 1.807) is 41.3 Å². The van der Waals surface area contributed by atoms with Crippen LogP contribution in [-0.4, -0.2) is 26.6 Å². The second-order valence-corrected chi connectivity index (χ2v) is 8.05. The lowest BCUT2D eigenvalue weighted by Gasteiger charge is -2.00. The van der Waals surface area contributed by atoms with Crippen LogP contribution in [0.15, 0.2) is 51.0 Å². The number of hydrogen-bond acceptors (Lipinski definition) is 5. The highest BCUT2D eigenvalue weighted by Gasteiger charge is 2.29. The molecule has 0 amide bonds. The Bertz CT molecular complexity index is 752. The molecule has 1 N–H and O–H groups in total. The van der Waals surface area contributed by atoms with Crippen molar-refractivity contribution in [1.82, 2.24) is 4.72 Å². The molecule has 21 heavy (non-hydrogen) atoms. The molecule has 0 saturated heterocycles. The van der Waals surface area contributed by atoms with Crippen molar-refractivity contribution in [2.45, 2.75) is 10.6 Å². The molecule has 0 bridgehead atoms. The average Bonchev–Trinajstić information content (AvgIpc) is 3.06. The van der Waals surface area contributed by atoms with Crippen molar-refractivity contribution in [3.8, 4) is 0 Å². The summed E-state index contributed by atoms with van der Waals surface area (Å²) >= 11 is 3.50. The molecule has 1 aromatic carbocycles. The standard InChI is InChI=1S/C14H14N2O2S3/c17-21(18)13-4-2-1-3-12(13)14(16-21)15-6-8-20-10-11-5-7-19-9-11/h1-5,7,9H,6,8,10H2,(H,15,16). The van der Waals surface area contributed by atoms with Gasteiger partial charge in [-0.05, 0) is 34.5 Å². The number of fused-ring (bicyclic) bond motifs is 1. The highest BCUT2D eigenvalue weighted by atomic mass is 32.2. The van der Waals surface area contributed by atoms with Gasteiger partial charge in [-0.1, -0.05) is 12.1 Å². The Balaban J connectivity index is 1.60. The van der Waals surface area contributed by atoms with Crippen LogP contribution in [-0.2, 0) is 15.8 Å². The molecule has 3 rings (SSSR count). The van der Waals surface area contributed by atoms with Gasteiger partial charge in [0.1, 0.15) is 5.84 Å². The minimum atomic E-state index is -3.42. The molecule has 2 aromatic rings. The van der Waals surface area contributed by atoms with Crippen molar-refractivity contribution in [1.29, 1.82) is 0 Å². The Hall–Kier alpha value is -1.31. The number of benzene rings is 1. The highest BCUT2D eigenvalue weighted by molar-refractivity contribution is 7.98. The second-order valence-electron chi connectivity index (χ2n) is 4.52. The summed E-state index contributed by atoms with van der Waals surface area (Å²) in [6.45, 7) is 0.598. The van der Waals surface area contributed by atoms with Crippen LogP contribution in [0.2, 0.25) is 0 Å². The fourth-order valence-electron chi connectivity index (χ4n) is 2.04. The fraction of sp³-hybridized carbons (Fsp3) is 0.214. The Morgan fingerprint density at radius 2 is 2.10 bits per heavy atom. The van der Waals surface area contributed by atoms with Gasteiger partial charge >= 0.3 is 0 Å². The molecule has 2 heterocycles. The second kappa shape index (κ2) is 6.21. The molecule has 0 fully saturated rings. The summed E-state index contributed by atoms with van der Waals surface area (Å²) < 4.78 is 26.3. The lowest BCUT2D eigenvalue weighted by Crippen LogP contribution is -2.22. The number of thiophene rings is 1. The molecule has 4 nitrogen and oxygen atoms in total. The van der Waals surface area contributed by atoms with Crippen LogP contribution in [0.4, 0.5) is 0 Å². The Morgan fingerprint density at radius 1 is 1.24 bits per heavy atom. The zero-order valence-corrected chi connectivity index (χ0v) is 13.6. The van der Waals surface area contributed by atoms with Gasteiger partial charge in [0, 0.05) is 17.1 Å². The number of amidine groups is 1.